The number of benzene rings is 1. The molecule has 0 saturated heterocycles. The van der Waals surface area contributed by atoms with Crippen molar-refractivity contribution < 1.29 is 18.0 Å². The van der Waals surface area contributed by atoms with Gasteiger partial charge in [-0.3, -0.25) is 4.79 Å². The second-order valence-corrected chi connectivity index (χ2v) is 5.54. The van der Waals surface area contributed by atoms with Gasteiger partial charge < -0.3 is 8.37 Å². The number of fused-ring (bicyclic) bond motifs is 1. The molecule has 4 nitrogen and oxygen atoms in total. The molecule has 0 aliphatic heterocycles. The van der Waals surface area contributed by atoms with Crippen molar-refractivity contribution in [3.63, 3.8) is 0 Å². The Hall–Kier alpha value is -2.27. The number of carbonyl (C=O) groups is 2. The summed E-state index contributed by atoms with van der Waals surface area (Å²) in [5.41, 5.74) is 3.13. The summed E-state index contributed by atoms with van der Waals surface area (Å²) in [6.07, 6.45) is 5.18. The van der Waals surface area contributed by atoms with Gasteiger partial charge in [0.1, 0.15) is 5.76 Å². The average molecular weight is 330 g/mol. The van der Waals surface area contributed by atoms with Gasteiger partial charge in [-0.1, -0.05) is 32.2 Å². The van der Waals surface area contributed by atoms with Crippen LogP contribution in [0.25, 0.3) is 6.08 Å². The first-order valence-corrected chi connectivity index (χ1v) is 7.95. The minimum Gasteiger partial charge on any atom is -0.396 e. The Morgan fingerprint density at radius 2 is 2.13 bits per heavy atom. The van der Waals surface area contributed by atoms with Gasteiger partial charge in [0.25, 0.3) is 12.3 Å². The first-order valence-electron chi connectivity index (χ1n) is 7.28. The Morgan fingerprint density at radius 3 is 2.83 bits per heavy atom. The van der Waals surface area contributed by atoms with Crippen LogP contribution in [0.5, 0.6) is 0 Å². The van der Waals surface area contributed by atoms with Crippen LogP contribution >= 0.6 is 12.3 Å². The molecule has 0 saturated carbocycles. The minimum atomic E-state index is -0.470. The summed E-state index contributed by atoms with van der Waals surface area (Å²) in [5, 5.41) is 0. The molecule has 0 N–H and O–H groups in total. The summed E-state index contributed by atoms with van der Waals surface area (Å²) in [4.78, 5) is 23.1. The van der Waals surface area contributed by atoms with Gasteiger partial charge in [-0.25, -0.2) is 4.79 Å². The van der Waals surface area contributed by atoms with E-state index in [1.54, 1.807) is 6.07 Å². The molecule has 0 radical (unpaired) electrons. The maximum atomic E-state index is 11.6. The largest absolute Gasteiger partial charge is 0.396 e. The Balaban J connectivity index is 1.98. The van der Waals surface area contributed by atoms with Crippen LogP contribution in [0, 0.1) is 0 Å². The first-order chi connectivity index (χ1) is 11.0. The molecule has 1 aromatic rings. The highest BCUT2D eigenvalue weighted by Crippen LogP contribution is 2.28. The van der Waals surface area contributed by atoms with Gasteiger partial charge >= 0.3 is 5.97 Å². The molecule has 1 aromatic carbocycles. The van der Waals surface area contributed by atoms with Crippen molar-refractivity contribution in [1.82, 2.24) is 0 Å². The van der Waals surface area contributed by atoms with Crippen LogP contribution in [-0.2, 0) is 19.6 Å². The van der Waals surface area contributed by atoms with Crippen LogP contribution in [0.3, 0.4) is 0 Å². The van der Waals surface area contributed by atoms with Gasteiger partial charge in [-0.2, -0.15) is 0 Å². The fourth-order valence-corrected chi connectivity index (χ4v) is 2.53. The molecular weight excluding hydrogens is 312 g/mol. The second-order valence-electron chi connectivity index (χ2n) is 5.07. The fourth-order valence-electron chi connectivity index (χ4n) is 2.10. The van der Waals surface area contributed by atoms with E-state index in [0.717, 1.165) is 23.3 Å². The van der Waals surface area contributed by atoms with Crippen molar-refractivity contribution >= 4 is 30.2 Å². The predicted molar refractivity (Wildman–Crippen MR) is 91.5 cm³/mol. The molecule has 0 heterocycles. The Kier molecular flexibility index (Phi) is 5.82. The summed E-state index contributed by atoms with van der Waals surface area (Å²) in [5.74, 6) is 0.166. The van der Waals surface area contributed by atoms with E-state index in [-0.39, 0.29) is 5.78 Å². The third kappa shape index (κ3) is 4.36. The van der Waals surface area contributed by atoms with Crippen LogP contribution in [0.1, 0.15) is 41.3 Å². The predicted octanol–water partition coefficient (Wildman–Crippen LogP) is 4.43. The van der Waals surface area contributed by atoms with Crippen LogP contribution in [0.2, 0.25) is 0 Å². The lowest BCUT2D eigenvalue weighted by molar-refractivity contribution is -0.129. The molecule has 0 spiro atoms. The molecule has 5 heteroatoms. The lowest BCUT2D eigenvalue weighted by atomic mass is 9.93. The summed E-state index contributed by atoms with van der Waals surface area (Å²) in [6.45, 7) is 8.94. The van der Waals surface area contributed by atoms with Crippen LogP contribution in [0.4, 0.5) is 0 Å². The number of hydrogen-bond donors (Lipinski definition) is 0. The molecule has 0 atom stereocenters. The van der Waals surface area contributed by atoms with Gasteiger partial charge in [0.2, 0.25) is 0 Å². The van der Waals surface area contributed by atoms with Gasteiger partial charge in [-0.05, 0) is 42.2 Å². The van der Waals surface area contributed by atoms with Crippen molar-refractivity contribution in [2.45, 2.75) is 26.2 Å². The second kappa shape index (κ2) is 7.83. The molecule has 23 heavy (non-hydrogen) atoms. The van der Waals surface area contributed by atoms with Crippen molar-refractivity contribution in [3.05, 3.63) is 65.5 Å². The summed E-state index contributed by atoms with van der Waals surface area (Å²) >= 11 is 0.652. The zero-order valence-corrected chi connectivity index (χ0v) is 13.8. The van der Waals surface area contributed by atoms with E-state index in [0.29, 0.717) is 36.3 Å². The molecule has 0 bridgehead atoms. The Bertz CT molecular complexity index is 688. The lowest BCUT2D eigenvalue weighted by Gasteiger charge is -2.16. The van der Waals surface area contributed by atoms with Crippen LogP contribution in [0.15, 0.2) is 48.8 Å². The van der Waals surface area contributed by atoms with Crippen molar-refractivity contribution in [2.24, 2.45) is 0 Å². The quantitative estimate of drug-likeness (QED) is 0.420. The maximum Gasteiger partial charge on any atom is 0.348 e. The van der Waals surface area contributed by atoms with E-state index in [2.05, 4.69) is 13.2 Å². The highest BCUT2D eigenvalue weighted by Gasteiger charge is 2.15. The molecule has 1 aliphatic rings. The number of allylic oxidation sites excluding steroid dienone is 2. The number of carbonyl (C=O) groups excluding carboxylic acids is 2. The van der Waals surface area contributed by atoms with Crippen molar-refractivity contribution in [3.8, 4) is 0 Å². The Morgan fingerprint density at radius 1 is 1.35 bits per heavy atom. The van der Waals surface area contributed by atoms with E-state index >= 15 is 0 Å². The van der Waals surface area contributed by atoms with E-state index in [4.69, 9.17) is 8.37 Å². The number of aryl methyl sites for hydroxylation is 1. The van der Waals surface area contributed by atoms with E-state index < -0.39 is 5.97 Å². The monoisotopic (exact) mass is 330 g/mol. The summed E-state index contributed by atoms with van der Waals surface area (Å²) in [6, 6.07) is 5.52. The van der Waals surface area contributed by atoms with E-state index in [1.807, 2.05) is 25.1 Å². The molecule has 0 fully saturated rings. The summed E-state index contributed by atoms with van der Waals surface area (Å²) < 4.78 is 10.3. The molecule has 0 unspecified atom stereocenters. The molecular formula is C18H18O4S. The van der Waals surface area contributed by atoms with Gasteiger partial charge in [-0.15, -0.1) is 0 Å². The van der Waals surface area contributed by atoms with Crippen LogP contribution < -0.4 is 0 Å². The molecule has 2 rings (SSSR count). The highest BCUT2D eigenvalue weighted by atomic mass is 32.2. The first kappa shape index (κ1) is 17.1. The molecule has 1 aliphatic carbocycles. The molecule has 120 valence electrons. The lowest BCUT2D eigenvalue weighted by Crippen LogP contribution is -2.05. The zero-order valence-electron chi connectivity index (χ0n) is 13.0. The van der Waals surface area contributed by atoms with E-state index in [1.165, 1.54) is 6.08 Å². The number of hydrogen-bond acceptors (Lipinski definition) is 5. The van der Waals surface area contributed by atoms with Crippen molar-refractivity contribution in [2.75, 3.05) is 0 Å². The van der Waals surface area contributed by atoms with E-state index in [9.17, 15) is 9.59 Å². The zero-order chi connectivity index (χ0) is 16.8. The van der Waals surface area contributed by atoms with Gasteiger partial charge in [0, 0.05) is 17.6 Å². The van der Waals surface area contributed by atoms with Gasteiger partial charge in [0.05, 0.1) is 0 Å². The standard InChI is InChI=1S/C18H18O4S/c1-4-12(3)18(20)22-23-21-16-9-8-13-10-15(17(19)5-2)7-6-14(13)11-16/h5-7,10-11H,2-4,8-9H2,1H3. The topological polar surface area (TPSA) is 52.6 Å². The highest BCUT2D eigenvalue weighted by molar-refractivity contribution is 7.90. The molecule has 0 aromatic heterocycles. The third-order valence-corrected chi connectivity index (χ3v) is 4.04. The third-order valence-electron chi connectivity index (χ3n) is 3.54. The average Bonchev–Trinajstić information content (AvgIpc) is 2.59. The molecule has 0 amide bonds. The van der Waals surface area contributed by atoms with Crippen molar-refractivity contribution in [1.29, 1.82) is 0 Å². The fraction of sp³-hybridized carbons (Fsp3) is 0.222. The SMILES string of the molecule is C=CC(=O)c1ccc2c(c1)CCC(OSOC(=O)C(=C)CC)=C2. The normalized spacial score (nSPS) is 12.7. The smallest absolute Gasteiger partial charge is 0.348 e. The minimum absolute atomic E-state index is 0.0857. The maximum absolute atomic E-state index is 11.6. The van der Waals surface area contributed by atoms with Crippen LogP contribution in [-0.4, -0.2) is 11.8 Å². The number of rotatable bonds is 7. The number of ketones is 1. The van der Waals surface area contributed by atoms with Gasteiger partial charge in [0.15, 0.2) is 5.78 Å². The summed E-state index contributed by atoms with van der Waals surface area (Å²) in [7, 11) is 0. The Labute approximate surface area is 140 Å².